The maximum absolute atomic E-state index is 12.2. The highest BCUT2D eigenvalue weighted by Crippen LogP contribution is 2.34. The standard InChI is InChI=1S/C12H18N2O2S/c1-3-9-6-11(9)14-17(15,16)12-7-10(13)5-4-8(12)2/h4-5,7,9,11,14H,3,6,13H2,1-2H3. The Kier molecular flexibility index (Phi) is 3.14. The first kappa shape index (κ1) is 12.4. The van der Waals surface area contributed by atoms with Gasteiger partial charge in [-0.05, 0) is 37.0 Å². The monoisotopic (exact) mass is 254 g/mol. The summed E-state index contributed by atoms with van der Waals surface area (Å²) >= 11 is 0. The molecule has 5 heteroatoms. The largest absolute Gasteiger partial charge is 0.399 e. The number of rotatable bonds is 4. The van der Waals surface area contributed by atoms with Crippen LogP contribution < -0.4 is 10.5 Å². The molecule has 1 fully saturated rings. The number of nitrogen functional groups attached to an aromatic ring is 1. The quantitative estimate of drug-likeness (QED) is 0.803. The second kappa shape index (κ2) is 4.31. The SMILES string of the molecule is CCC1CC1NS(=O)(=O)c1cc(N)ccc1C. The Labute approximate surface area is 102 Å². The van der Waals surface area contributed by atoms with Gasteiger partial charge in [-0.25, -0.2) is 13.1 Å². The van der Waals surface area contributed by atoms with Gasteiger partial charge in [-0.15, -0.1) is 0 Å². The van der Waals surface area contributed by atoms with Crippen LogP contribution in [0.15, 0.2) is 23.1 Å². The molecule has 0 heterocycles. The van der Waals surface area contributed by atoms with Crippen LogP contribution in [0.3, 0.4) is 0 Å². The van der Waals surface area contributed by atoms with Gasteiger partial charge in [0.1, 0.15) is 0 Å². The Morgan fingerprint density at radius 2 is 2.18 bits per heavy atom. The lowest BCUT2D eigenvalue weighted by Gasteiger charge is -2.09. The molecule has 0 spiro atoms. The lowest BCUT2D eigenvalue weighted by atomic mass is 10.2. The number of aryl methyl sites for hydroxylation is 1. The van der Waals surface area contributed by atoms with Crippen LogP contribution in [-0.2, 0) is 10.0 Å². The van der Waals surface area contributed by atoms with Crippen molar-refractivity contribution in [2.24, 2.45) is 5.92 Å². The smallest absolute Gasteiger partial charge is 0.241 e. The van der Waals surface area contributed by atoms with E-state index in [0.29, 0.717) is 16.5 Å². The molecule has 17 heavy (non-hydrogen) atoms. The minimum absolute atomic E-state index is 0.103. The first-order chi connectivity index (χ1) is 7.94. The van der Waals surface area contributed by atoms with Crippen molar-refractivity contribution in [3.05, 3.63) is 23.8 Å². The van der Waals surface area contributed by atoms with E-state index in [-0.39, 0.29) is 6.04 Å². The zero-order chi connectivity index (χ0) is 12.6. The molecule has 2 atom stereocenters. The molecule has 2 rings (SSSR count). The highest BCUT2D eigenvalue weighted by atomic mass is 32.2. The Balaban J connectivity index is 2.23. The Morgan fingerprint density at radius 3 is 2.76 bits per heavy atom. The number of nitrogens with two attached hydrogens (primary N) is 1. The number of benzene rings is 1. The normalized spacial score (nSPS) is 23.6. The molecule has 1 saturated carbocycles. The summed E-state index contributed by atoms with van der Waals surface area (Å²) in [5, 5.41) is 0. The van der Waals surface area contributed by atoms with Crippen LogP contribution in [0.25, 0.3) is 0 Å². The third-order valence-corrected chi connectivity index (χ3v) is 4.89. The van der Waals surface area contributed by atoms with Crippen molar-refractivity contribution in [3.8, 4) is 0 Å². The predicted octanol–water partition coefficient (Wildman–Crippen LogP) is 1.65. The molecule has 0 aromatic heterocycles. The molecule has 1 aromatic rings. The molecule has 0 bridgehead atoms. The molecule has 0 amide bonds. The fraction of sp³-hybridized carbons (Fsp3) is 0.500. The summed E-state index contributed by atoms with van der Waals surface area (Å²) in [6.45, 7) is 3.85. The second-order valence-electron chi connectivity index (χ2n) is 4.66. The molecule has 2 unspecified atom stereocenters. The van der Waals surface area contributed by atoms with Crippen molar-refractivity contribution in [1.29, 1.82) is 0 Å². The Bertz CT molecular complexity index is 525. The third-order valence-electron chi connectivity index (χ3n) is 3.26. The molecule has 4 nitrogen and oxygen atoms in total. The van der Waals surface area contributed by atoms with Gasteiger partial charge in [-0.2, -0.15) is 0 Å². The summed E-state index contributed by atoms with van der Waals surface area (Å²) in [5.74, 6) is 0.492. The average Bonchev–Trinajstić information content (AvgIpc) is 2.99. The number of hydrogen-bond donors (Lipinski definition) is 2. The van der Waals surface area contributed by atoms with Gasteiger partial charge < -0.3 is 5.73 Å². The highest BCUT2D eigenvalue weighted by Gasteiger charge is 2.38. The molecule has 1 aliphatic rings. The van der Waals surface area contributed by atoms with Gasteiger partial charge >= 0.3 is 0 Å². The van der Waals surface area contributed by atoms with Gasteiger partial charge in [0.25, 0.3) is 0 Å². The van der Waals surface area contributed by atoms with Crippen molar-refractivity contribution < 1.29 is 8.42 Å². The maximum atomic E-state index is 12.2. The predicted molar refractivity (Wildman–Crippen MR) is 68.1 cm³/mol. The summed E-state index contributed by atoms with van der Waals surface area (Å²) in [5.41, 5.74) is 6.83. The number of sulfonamides is 1. The van der Waals surface area contributed by atoms with E-state index in [9.17, 15) is 8.42 Å². The first-order valence-electron chi connectivity index (χ1n) is 5.82. The van der Waals surface area contributed by atoms with Gasteiger partial charge in [-0.1, -0.05) is 19.4 Å². The van der Waals surface area contributed by atoms with Crippen LogP contribution in [0.4, 0.5) is 5.69 Å². The summed E-state index contributed by atoms with van der Waals surface area (Å²) < 4.78 is 27.0. The van der Waals surface area contributed by atoms with Gasteiger partial charge in [0, 0.05) is 11.7 Å². The van der Waals surface area contributed by atoms with Gasteiger partial charge in [0.15, 0.2) is 0 Å². The van der Waals surface area contributed by atoms with Crippen molar-refractivity contribution in [3.63, 3.8) is 0 Å². The molecule has 0 radical (unpaired) electrons. The van der Waals surface area contributed by atoms with Crippen LogP contribution >= 0.6 is 0 Å². The van der Waals surface area contributed by atoms with Crippen molar-refractivity contribution >= 4 is 15.7 Å². The van der Waals surface area contributed by atoms with Crippen LogP contribution in [-0.4, -0.2) is 14.5 Å². The molecule has 1 aliphatic carbocycles. The summed E-state index contributed by atoms with van der Waals surface area (Å²) in [7, 11) is -3.42. The lowest BCUT2D eigenvalue weighted by Crippen LogP contribution is -2.27. The summed E-state index contributed by atoms with van der Waals surface area (Å²) in [6, 6.07) is 5.06. The molecular formula is C12H18N2O2S. The fourth-order valence-electron chi connectivity index (χ4n) is 2.01. The molecule has 3 N–H and O–H groups in total. The summed E-state index contributed by atoms with van der Waals surface area (Å²) in [4.78, 5) is 0.291. The van der Waals surface area contributed by atoms with E-state index in [2.05, 4.69) is 11.6 Å². The van der Waals surface area contributed by atoms with Crippen molar-refractivity contribution in [2.45, 2.75) is 37.6 Å². The van der Waals surface area contributed by atoms with E-state index in [1.54, 1.807) is 19.1 Å². The van der Waals surface area contributed by atoms with Gasteiger partial charge in [-0.3, -0.25) is 0 Å². The van der Waals surface area contributed by atoms with E-state index in [4.69, 9.17) is 5.73 Å². The van der Waals surface area contributed by atoms with E-state index in [1.165, 1.54) is 6.07 Å². The van der Waals surface area contributed by atoms with E-state index >= 15 is 0 Å². The topological polar surface area (TPSA) is 72.2 Å². The van der Waals surface area contributed by atoms with Crippen LogP contribution in [0.2, 0.25) is 0 Å². The second-order valence-corrected chi connectivity index (χ2v) is 6.34. The van der Waals surface area contributed by atoms with E-state index in [0.717, 1.165) is 18.4 Å². The zero-order valence-electron chi connectivity index (χ0n) is 10.1. The minimum atomic E-state index is -3.42. The van der Waals surface area contributed by atoms with E-state index in [1.807, 2.05) is 0 Å². The number of nitrogens with one attached hydrogen (secondary N) is 1. The molecule has 0 aliphatic heterocycles. The third kappa shape index (κ3) is 2.61. The fourth-order valence-corrected chi connectivity index (χ4v) is 3.61. The minimum Gasteiger partial charge on any atom is -0.399 e. The maximum Gasteiger partial charge on any atom is 0.241 e. The van der Waals surface area contributed by atoms with Crippen LogP contribution in [0.5, 0.6) is 0 Å². The highest BCUT2D eigenvalue weighted by molar-refractivity contribution is 7.89. The Morgan fingerprint density at radius 1 is 1.47 bits per heavy atom. The molecule has 1 aromatic carbocycles. The van der Waals surface area contributed by atoms with Gasteiger partial charge in [0.05, 0.1) is 4.90 Å². The average molecular weight is 254 g/mol. The van der Waals surface area contributed by atoms with Crippen molar-refractivity contribution in [1.82, 2.24) is 4.72 Å². The first-order valence-corrected chi connectivity index (χ1v) is 7.31. The van der Waals surface area contributed by atoms with Crippen molar-refractivity contribution in [2.75, 3.05) is 5.73 Å². The number of anilines is 1. The van der Waals surface area contributed by atoms with E-state index < -0.39 is 10.0 Å². The number of hydrogen-bond acceptors (Lipinski definition) is 3. The lowest BCUT2D eigenvalue weighted by molar-refractivity contribution is 0.575. The molecule has 0 saturated heterocycles. The Hall–Kier alpha value is -1.07. The summed E-state index contributed by atoms with van der Waals surface area (Å²) in [6.07, 6.45) is 1.96. The molecule has 94 valence electrons. The molecular weight excluding hydrogens is 236 g/mol. The zero-order valence-corrected chi connectivity index (χ0v) is 10.9. The van der Waals surface area contributed by atoms with Crippen LogP contribution in [0, 0.1) is 12.8 Å². The van der Waals surface area contributed by atoms with Gasteiger partial charge in [0.2, 0.25) is 10.0 Å². The van der Waals surface area contributed by atoms with Crippen LogP contribution in [0.1, 0.15) is 25.3 Å².